The molecule has 1 aromatic heterocycles. The van der Waals surface area contributed by atoms with Crippen molar-refractivity contribution in [3.63, 3.8) is 0 Å². The van der Waals surface area contributed by atoms with E-state index >= 15 is 0 Å². The van der Waals surface area contributed by atoms with Crippen LogP contribution < -0.4 is 21.9 Å². The lowest BCUT2D eigenvalue weighted by molar-refractivity contribution is -0.115. The molecule has 1 heterocycles. The highest BCUT2D eigenvalue weighted by molar-refractivity contribution is 8.00. The van der Waals surface area contributed by atoms with Gasteiger partial charge < -0.3 is 10.6 Å². The molecule has 1 amide bonds. The lowest BCUT2D eigenvalue weighted by atomic mass is 10.3. The Bertz CT molecular complexity index is 845. The molecule has 0 radical (unpaired) electrons. The Hall–Kier alpha value is -2.48. The van der Waals surface area contributed by atoms with Gasteiger partial charge in [0.25, 0.3) is 5.56 Å². The van der Waals surface area contributed by atoms with Crippen LogP contribution in [0.25, 0.3) is 0 Å². The third-order valence-electron chi connectivity index (χ3n) is 3.76. The molecule has 0 bridgehead atoms. The topological polar surface area (TPSA) is 101 Å². The van der Waals surface area contributed by atoms with E-state index in [-0.39, 0.29) is 23.2 Å². The van der Waals surface area contributed by atoms with Crippen molar-refractivity contribution in [3.8, 4) is 0 Å². The lowest BCUT2D eigenvalue weighted by Crippen LogP contribution is -2.39. The number of amides is 1. The zero-order valence-electron chi connectivity index (χ0n) is 14.3. The highest BCUT2D eigenvalue weighted by atomic mass is 32.2. The summed E-state index contributed by atoms with van der Waals surface area (Å²) in [6.45, 7) is 2.38. The molecule has 0 unspecified atom stereocenters. The second kappa shape index (κ2) is 8.57. The molecule has 0 fully saturated rings. The number of aromatic nitrogens is 2. The van der Waals surface area contributed by atoms with Crippen molar-refractivity contribution in [2.45, 2.75) is 31.2 Å². The number of nitrogen functional groups attached to an aromatic ring is 1. The van der Waals surface area contributed by atoms with Gasteiger partial charge in [0, 0.05) is 18.5 Å². The smallest absolute Gasteiger partial charge is 0.330 e. The van der Waals surface area contributed by atoms with Crippen LogP contribution in [-0.2, 0) is 11.3 Å². The van der Waals surface area contributed by atoms with Crippen LogP contribution in [0, 0.1) is 0 Å². The van der Waals surface area contributed by atoms with Gasteiger partial charge in [0.2, 0.25) is 5.91 Å². The van der Waals surface area contributed by atoms with E-state index in [2.05, 4.69) is 4.98 Å². The van der Waals surface area contributed by atoms with Crippen LogP contribution in [-0.4, -0.2) is 28.3 Å². The first-order chi connectivity index (χ1) is 12.0. The van der Waals surface area contributed by atoms with Crippen molar-refractivity contribution >= 4 is 29.2 Å². The fourth-order valence-corrected chi connectivity index (χ4v) is 3.16. The van der Waals surface area contributed by atoms with E-state index in [4.69, 9.17) is 5.73 Å². The Balaban J connectivity index is 2.22. The number of H-pyrrole nitrogens is 1. The summed E-state index contributed by atoms with van der Waals surface area (Å²) >= 11 is 1.37. The number of aromatic amines is 1. The van der Waals surface area contributed by atoms with E-state index < -0.39 is 11.2 Å². The Kier molecular flexibility index (Phi) is 6.46. The summed E-state index contributed by atoms with van der Waals surface area (Å²) in [6, 6.07) is 9.50. The van der Waals surface area contributed by atoms with Crippen LogP contribution in [0.4, 0.5) is 11.5 Å². The fourth-order valence-electron chi connectivity index (χ4n) is 2.32. The van der Waals surface area contributed by atoms with Gasteiger partial charge in [-0.2, -0.15) is 0 Å². The highest BCUT2D eigenvalue weighted by Crippen LogP contribution is 2.20. The van der Waals surface area contributed by atoms with Gasteiger partial charge in [0.15, 0.2) is 5.69 Å². The first kappa shape index (κ1) is 18.9. The zero-order chi connectivity index (χ0) is 18.4. The van der Waals surface area contributed by atoms with Crippen LogP contribution in [0.5, 0.6) is 0 Å². The lowest BCUT2D eigenvalue weighted by Gasteiger charge is -2.20. The number of carbonyl (C=O) groups is 1. The molecule has 25 heavy (non-hydrogen) atoms. The molecule has 0 aliphatic heterocycles. The Morgan fingerprint density at radius 2 is 1.96 bits per heavy atom. The van der Waals surface area contributed by atoms with E-state index in [0.717, 1.165) is 17.7 Å². The maximum absolute atomic E-state index is 12.4. The number of nitrogens with two attached hydrogens (primary N) is 1. The monoisotopic (exact) mass is 362 g/mol. The van der Waals surface area contributed by atoms with Crippen molar-refractivity contribution in [2.75, 3.05) is 23.4 Å². The summed E-state index contributed by atoms with van der Waals surface area (Å²) < 4.78 is 1.30. The molecule has 1 aromatic carbocycles. The van der Waals surface area contributed by atoms with Gasteiger partial charge in [0.05, 0.1) is 5.75 Å². The summed E-state index contributed by atoms with van der Waals surface area (Å²) in [4.78, 5) is 40.9. The average Bonchev–Trinajstić information content (AvgIpc) is 2.60. The first-order valence-electron chi connectivity index (χ1n) is 8.02. The summed E-state index contributed by atoms with van der Waals surface area (Å²) in [7, 11) is 1.49. The number of unbranched alkanes of at least 4 members (excludes halogenated alkanes) is 1. The van der Waals surface area contributed by atoms with Crippen molar-refractivity contribution < 1.29 is 4.79 Å². The van der Waals surface area contributed by atoms with Gasteiger partial charge in [-0.1, -0.05) is 31.5 Å². The summed E-state index contributed by atoms with van der Waals surface area (Å²) in [5.74, 6) is -0.0949. The van der Waals surface area contributed by atoms with E-state index in [0.29, 0.717) is 6.54 Å². The SMILES string of the molecule is CCCCn1c(N)c(N(C)C(=O)CSc2ccccc2)c(=O)[nH]c1=O. The minimum Gasteiger partial charge on any atom is -0.383 e. The Morgan fingerprint density at radius 3 is 2.60 bits per heavy atom. The number of carbonyl (C=O) groups excluding carboxylic acids is 1. The molecular formula is C17H22N4O3S. The van der Waals surface area contributed by atoms with Crippen molar-refractivity contribution in [3.05, 3.63) is 51.2 Å². The highest BCUT2D eigenvalue weighted by Gasteiger charge is 2.20. The third kappa shape index (κ3) is 4.54. The zero-order valence-corrected chi connectivity index (χ0v) is 15.1. The molecule has 0 saturated carbocycles. The maximum atomic E-state index is 12.4. The summed E-state index contributed by atoms with van der Waals surface area (Å²) in [5, 5.41) is 0. The summed E-state index contributed by atoms with van der Waals surface area (Å²) in [6.07, 6.45) is 1.62. The number of thioether (sulfide) groups is 1. The van der Waals surface area contributed by atoms with Gasteiger partial charge >= 0.3 is 5.69 Å². The van der Waals surface area contributed by atoms with Gasteiger partial charge in [-0.3, -0.25) is 19.1 Å². The largest absolute Gasteiger partial charge is 0.383 e. The molecule has 2 aromatic rings. The summed E-state index contributed by atoms with van der Waals surface area (Å²) in [5.41, 5.74) is 4.81. The molecule has 0 aliphatic carbocycles. The average molecular weight is 362 g/mol. The van der Waals surface area contributed by atoms with Crippen LogP contribution >= 0.6 is 11.8 Å². The van der Waals surface area contributed by atoms with Crippen LogP contribution in [0.3, 0.4) is 0 Å². The quantitative estimate of drug-likeness (QED) is 0.730. The van der Waals surface area contributed by atoms with Crippen molar-refractivity contribution in [1.82, 2.24) is 9.55 Å². The van der Waals surface area contributed by atoms with E-state index in [1.807, 2.05) is 37.3 Å². The Labute approximate surface area is 149 Å². The Morgan fingerprint density at radius 1 is 1.28 bits per heavy atom. The molecule has 7 nitrogen and oxygen atoms in total. The standard InChI is InChI=1S/C17H22N4O3S/c1-3-4-10-21-15(18)14(16(23)19-17(21)24)20(2)13(22)11-25-12-8-6-5-7-9-12/h5-9H,3-4,10-11,18H2,1-2H3,(H,19,23,24). The number of anilines is 2. The predicted molar refractivity (Wildman–Crippen MR) is 101 cm³/mol. The molecule has 0 saturated heterocycles. The molecule has 134 valence electrons. The molecule has 0 atom stereocenters. The second-order valence-corrected chi connectivity index (χ2v) is 6.60. The third-order valence-corrected chi connectivity index (χ3v) is 4.76. The molecular weight excluding hydrogens is 340 g/mol. The van der Waals surface area contributed by atoms with Crippen molar-refractivity contribution in [2.24, 2.45) is 0 Å². The van der Waals surface area contributed by atoms with Gasteiger partial charge in [-0.15, -0.1) is 11.8 Å². The maximum Gasteiger partial charge on any atom is 0.330 e. The van der Waals surface area contributed by atoms with Gasteiger partial charge in [-0.05, 0) is 18.6 Å². The van der Waals surface area contributed by atoms with E-state index in [9.17, 15) is 14.4 Å². The molecule has 0 aliphatic rings. The first-order valence-corrected chi connectivity index (χ1v) is 9.01. The molecule has 8 heteroatoms. The number of nitrogens with zero attached hydrogens (tertiary/aromatic N) is 2. The second-order valence-electron chi connectivity index (χ2n) is 5.55. The van der Waals surface area contributed by atoms with Gasteiger partial charge in [-0.25, -0.2) is 4.79 Å². The van der Waals surface area contributed by atoms with E-state index in [1.54, 1.807) is 0 Å². The van der Waals surface area contributed by atoms with Crippen LogP contribution in [0.1, 0.15) is 19.8 Å². The minimum absolute atomic E-state index is 0.00867. The van der Waals surface area contributed by atoms with Crippen LogP contribution in [0.2, 0.25) is 0 Å². The number of rotatable bonds is 7. The fraction of sp³-hybridized carbons (Fsp3) is 0.353. The van der Waals surface area contributed by atoms with Gasteiger partial charge in [0.1, 0.15) is 5.82 Å². The van der Waals surface area contributed by atoms with E-state index in [1.165, 1.54) is 28.3 Å². The predicted octanol–water partition coefficient (Wildman–Crippen LogP) is 1.67. The van der Waals surface area contributed by atoms with Crippen LogP contribution in [0.15, 0.2) is 44.8 Å². The number of hydrogen-bond acceptors (Lipinski definition) is 5. The number of benzene rings is 1. The normalized spacial score (nSPS) is 10.6. The molecule has 0 spiro atoms. The number of nitrogens with one attached hydrogen (secondary N) is 1. The minimum atomic E-state index is -0.657. The molecule has 3 N–H and O–H groups in total. The van der Waals surface area contributed by atoms with Crippen molar-refractivity contribution in [1.29, 1.82) is 0 Å². The number of hydrogen-bond donors (Lipinski definition) is 2. The molecule has 2 rings (SSSR count).